The molecule has 0 aliphatic carbocycles. The van der Waals surface area contributed by atoms with Gasteiger partial charge < -0.3 is 26.0 Å². The monoisotopic (exact) mass is 792 g/mol. The van der Waals surface area contributed by atoms with Gasteiger partial charge in [-0.05, 0) is 53.4 Å². The number of amides is 4. The molecule has 0 aliphatic heterocycles. The third-order valence-corrected chi connectivity index (χ3v) is 7.95. The Morgan fingerprint density at radius 3 is 1.96 bits per heavy atom. The second-order valence-electron chi connectivity index (χ2n) is 12.1. The summed E-state index contributed by atoms with van der Waals surface area (Å²) in [6.45, 7) is 0.146. The van der Waals surface area contributed by atoms with Crippen LogP contribution in [0, 0.1) is 11.7 Å². The van der Waals surface area contributed by atoms with Crippen LogP contribution in [0.2, 0.25) is 5.02 Å². The summed E-state index contributed by atoms with van der Waals surface area (Å²) in [5.74, 6) is -20.7. The molecule has 19 heteroatoms. The van der Waals surface area contributed by atoms with Gasteiger partial charge in [-0.1, -0.05) is 61.8 Å². The number of carbonyl (C=O) groups excluding carboxylic acids is 5. The third-order valence-electron chi connectivity index (χ3n) is 7.71. The number of halogens is 9. The van der Waals surface area contributed by atoms with Crippen LogP contribution in [0.15, 0.2) is 72.8 Å². The summed E-state index contributed by atoms with van der Waals surface area (Å²) in [6, 6.07) is 7.59. The topological polar surface area (TPSA) is 143 Å². The predicted molar refractivity (Wildman–Crippen MR) is 177 cm³/mol. The number of ether oxygens (including phenoxy) is 1. The van der Waals surface area contributed by atoms with Gasteiger partial charge in [0.05, 0.1) is 13.2 Å². The van der Waals surface area contributed by atoms with E-state index in [9.17, 15) is 50.3 Å². The molecule has 0 saturated heterocycles. The van der Waals surface area contributed by atoms with E-state index in [-0.39, 0.29) is 21.9 Å². The average Bonchev–Trinajstić information content (AvgIpc) is 3.10. The van der Waals surface area contributed by atoms with Crippen molar-refractivity contribution >= 4 is 41.0 Å². The van der Waals surface area contributed by atoms with Crippen molar-refractivity contribution in [3.63, 3.8) is 0 Å². The molecule has 4 N–H and O–H groups in total. The molecule has 0 radical (unpaired) electrons. The van der Waals surface area contributed by atoms with E-state index < -0.39 is 95.8 Å². The largest absolute Gasteiger partial charge is 0.497 e. The van der Waals surface area contributed by atoms with Crippen molar-refractivity contribution < 1.29 is 63.8 Å². The molecule has 3 rings (SSSR count). The molecule has 10 nitrogen and oxygen atoms in total. The summed E-state index contributed by atoms with van der Waals surface area (Å²) in [6.07, 6.45) is -5.72. The van der Waals surface area contributed by atoms with Crippen molar-refractivity contribution in [3.8, 4) is 5.75 Å². The highest BCUT2D eigenvalue weighted by atomic mass is 35.5. The van der Waals surface area contributed by atoms with Crippen LogP contribution in [-0.2, 0) is 36.3 Å². The summed E-state index contributed by atoms with van der Waals surface area (Å²) in [4.78, 5) is 65.4. The van der Waals surface area contributed by atoms with Crippen molar-refractivity contribution in [2.45, 2.75) is 56.4 Å². The number of rotatable bonds is 16. The lowest BCUT2D eigenvalue weighted by Gasteiger charge is -2.29. The zero-order valence-corrected chi connectivity index (χ0v) is 29.3. The van der Waals surface area contributed by atoms with Crippen LogP contribution < -0.4 is 26.0 Å². The van der Waals surface area contributed by atoms with Gasteiger partial charge in [-0.2, -0.15) is 30.7 Å². The van der Waals surface area contributed by atoms with Gasteiger partial charge in [0.15, 0.2) is 0 Å². The minimum atomic E-state index is -5.10. The Bertz CT molecular complexity index is 1840. The highest BCUT2D eigenvalue weighted by Crippen LogP contribution is 2.30. The number of nitrogens with one attached hydrogen (secondary N) is 4. The first-order chi connectivity index (χ1) is 25.1. The molecule has 0 spiro atoms. The van der Waals surface area contributed by atoms with Gasteiger partial charge >= 0.3 is 18.0 Å². The third kappa shape index (κ3) is 11.4. The highest BCUT2D eigenvalue weighted by Gasteiger charge is 2.52. The number of ketones is 1. The van der Waals surface area contributed by atoms with E-state index in [1.165, 1.54) is 49.6 Å². The Morgan fingerprint density at radius 2 is 1.41 bits per heavy atom. The van der Waals surface area contributed by atoms with Gasteiger partial charge in [-0.3, -0.25) is 24.0 Å². The first-order valence-electron chi connectivity index (χ1n) is 15.8. The minimum Gasteiger partial charge on any atom is -0.497 e. The first kappa shape index (κ1) is 43.1. The lowest BCUT2D eigenvalue weighted by Crippen LogP contribution is -2.59. The summed E-state index contributed by atoms with van der Waals surface area (Å²) in [7, 11) is 1.30. The molecule has 0 unspecified atom stereocenters. The SMILES string of the molecule is COc1ccc([C@H](NC(=O)[C@H](Cc2cccc(F)c2)NC(=O)C(F)(F)c2cccc(Cl)c2)C(=O)N[C@H](C(=O)C(F)(F)C(=O)NCC(F)(F)F)C(C)C)cc1. The van der Waals surface area contributed by atoms with Crippen molar-refractivity contribution in [1.82, 2.24) is 21.3 Å². The van der Waals surface area contributed by atoms with E-state index in [0.29, 0.717) is 0 Å². The maximum Gasteiger partial charge on any atom is 0.405 e. The second-order valence-corrected chi connectivity index (χ2v) is 12.6. The molecule has 0 fully saturated rings. The van der Waals surface area contributed by atoms with E-state index >= 15 is 8.78 Å². The summed E-state index contributed by atoms with van der Waals surface area (Å²) < 4.78 is 117. The molecule has 0 bridgehead atoms. The van der Waals surface area contributed by atoms with E-state index in [0.717, 1.165) is 49.5 Å². The van der Waals surface area contributed by atoms with Gasteiger partial charge in [0.2, 0.25) is 17.6 Å². The van der Waals surface area contributed by atoms with Crippen molar-refractivity contribution in [1.29, 1.82) is 0 Å². The molecule has 54 heavy (non-hydrogen) atoms. The van der Waals surface area contributed by atoms with Gasteiger partial charge in [0.1, 0.15) is 30.2 Å². The fourth-order valence-electron chi connectivity index (χ4n) is 4.88. The summed E-state index contributed by atoms with van der Waals surface area (Å²) in [5, 5.41) is 6.88. The van der Waals surface area contributed by atoms with Gasteiger partial charge in [-0.15, -0.1) is 0 Å². The van der Waals surface area contributed by atoms with E-state index in [1.807, 2.05) is 10.6 Å². The fourth-order valence-corrected chi connectivity index (χ4v) is 5.07. The molecular formula is C35H33ClF8N4O6. The van der Waals surface area contributed by atoms with E-state index in [2.05, 4.69) is 5.32 Å². The standard InChI is InChI=1S/C35H33ClF8N4O6/c1-18(2)26(28(49)35(43,44)31(52)45-17-33(38,39)40)47-30(51)27(20-10-12-24(54-3)13-11-20)48-29(50)25(15-19-6-4-9-23(37)14-19)46-32(53)34(41,42)21-7-5-8-22(36)16-21/h4-14,16,18,25-27H,15,17H2,1-3H3,(H,45,52)(H,46,53)(H,47,51)(H,48,50)/t25-,26-,27-/m0/s1. The zero-order chi connectivity index (χ0) is 40.6. The number of benzene rings is 3. The summed E-state index contributed by atoms with van der Waals surface area (Å²) >= 11 is 5.81. The fraction of sp³-hybridized carbons (Fsp3) is 0.343. The van der Waals surface area contributed by atoms with Gasteiger partial charge in [-0.25, -0.2) is 4.39 Å². The van der Waals surface area contributed by atoms with Crippen LogP contribution in [0.3, 0.4) is 0 Å². The van der Waals surface area contributed by atoms with Crippen LogP contribution in [-0.4, -0.2) is 67.2 Å². The minimum absolute atomic E-state index is 0.0310. The van der Waals surface area contributed by atoms with Crippen molar-refractivity contribution in [3.05, 3.63) is 100 Å². The Kier molecular flexibility index (Phi) is 14.2. The molecule has 0 saturated carbocycles. The van der Waals surface area contributed by atoms with E-state index in [1.54, 1.807) is 0 Å². The van der Waals surface area contributed by atoms with Crippen LogP contribution in [0.1, 0.15) is 36.6 Å². The number of hydrogen-bond acceptors (Lipinski definition) is 6. The van der Waals surface area contributed by atoms with Gasteiger partial charge in [0, 0.05) is 17.0 Å². The molecule has 3 atom stereocenters. The lowest BCUT2D eigenvalue weighted by atomic mass is 9.94. The maximum atomic E-state index is 15.3. The quantitative estimate of drug-likeness (QED) is 0.116. The lowest BCUT2D eigenvalue weighted by molar-refractivity contribution is -0.165. The second kappa shape index (κ2) is 17.7. The molecule has 3 aromatic carbocycles. The van der Waals surface area contributed by atoms with Crippen LogP contribution in [0.4, 0.5) is 35.1 Å². The smallest absolute Gasteiger partial charge is 0.405 e. The predicted octanol–water partition coefficient (Wildman–Crippen LogP) is 5.19. The Morgan fingerprint density at radius 1 is 0.778 bits per heavy atom. The molecule has 3 aromatic rings. The molecule has 0 heterocycles. The molecule has 0 aromatic heterocycles. The molecule has 0 aliphatic rings. The highest BCUT2D eigenvalue weighted by molar-refractivity contribution is 6.30. The molecule has 4 amide bonds. The maximum absolute atomic E-state index is 15.3. The van der Waals surface area contributed by atoms with Crippen molar-refractivity contribution in [2.24, 2.45) is 5.92 Å². The summed E-state index contributed by atoms with van der Waals surface area (Å²) in [5.41, 5.74) is -0.920. The normalized spacial score (nSPS) is 13.6. The number of Topliss-reactive ketones (excluding diaryl/α,β-unsaturated/α-hetero) is 1. The Balaban J connectivity index is 2.00. The van der Waals surface area contributed by atoms with Crippen LogP contribution >= 0.6 is 11.6 Å². The number of carbonyl (C=O) groups is 5. The van der Waals surface area contributed by atoms with Crippen LogP contribution in [0.5, 0.6) is 5.75 Å². The van der Waals surface area contributed by atoms with Crippen LogP contribution in [0.25, 0.3) is 0 Å². The number of methoxy groups -OCH3 is 1. The molecular weight excluding hydrogens is 760 g/mol. The first-order valence-corrected chi connectivity index (χ1v) is 16.2. The zero-order valence-electron chi connectivity index (χ0n) is 28.5. The average molecular weight is 793 g/mol. The Labute approximate surface area is 307 Å². The number of hydrogen-bond donors (Lipinski definition) is 4. The molecule has 292 valence electrons. The van der Waals surface area contributed by atoms with Gasteiger partial charge in [0.25, 0.3) is 11.8 Å². The Hall–Kier alpha value is -5.26. The number of alkyl halides is 7. The van der Waals surface area contributed by atoms with E-state index in [4.69, 9.17) is 16.3 Å². The van der Waals surface area contributed by atoms with Crippen molar-refractivity contribution in [2.75, 3.05) is 13.7 Å².